The Bertz CT molecular complexity index is 416. The summed E-state index contributed by atoms with van der Waals surface area (Å²) in [5.41, 5.74) is 0. The summed E-state index contributed by atoms with van der Waals surface area (Å²) < 4.78 is 6.24. The molecule has 0 fully saturated rings. The van der Waals surface area contributed by atoms with E-state index in [0.29, 0.717) is 0 Å². The predicted molar refractivity (Wildman–Crippen MR) is 56.8 cm³/mol. The highest BCUT2D eigenvalue weighted by Crippen LogP contribution is 2.20. The number of rotatable bonds is 7. The van der Waals surface area contributed by atoms with Gasteiger partial charge >= 0.3 is 11.8 Å². The van der Waals surface area contributed by atoms with Crippen molar-refractivity contribution in [2.24, 2.45) is 7.05 Å². The molecule has 0 radical (unpaired) electrons. The van der Waals surface area contributed by atoms with Crippen molar-refractivity contribution >= 4 is 17.6 Å². The number of nitrogens with zero attached hydrogens (tertiary/aromatic N) is 3. The number of aromatic nitrogens is 2. The maximum absolute atomic E-state index is 10.6. The first kappa shape index (κ1) is 12.9. The van der Waals surface area contributed by atoms with Crippen LogP contribution < -0.4 is 5.32 Å². The monoisotopic (exact) mass is 244 g/mol. The van der Waals surface area contributed by atoms with Crippen LogP contribution in [0.1, 0.15) is 0 Å². The van der Waals surface area contributed by atoms with E-state index < -0.39 is 17.5 Å². The molecule has 0 aromatic carbocycles. The molecule has 2 N–H and O–H groups in total. The molecule has 0 aliphatic carbocycles. The number of nitro groups is 1. The number of nitrogens with one attached hydrogen (secondary N) is 1. The second kappa shape index (κ2) is 5.80. The standard InChI is InChI=1S/C8H12N4O5/c1-11-5-10-8(12(15)16)7(11)9-2-3-17-4-6(13)14/h5,9H,2-4H2,1H3,(H,13,14). The molecule has 1 aromatic rings. The molecule has 0 aliphatic heterocycles. The summed E-state index contributed by atoms with van der Waals surface area (Å²) in [7, 11) is 1.61. The quantitative estimate of drug-likeness (QED) is 0.388. The van der Waals surface area contributed by atoms with Gasteiger partial charge in [0.2, 0.25) is 12.1 Å². The molecule has 0 atom stereocenters. The summed E-state index contributed by atoms with van der Waals surface area (Å²) in [5.74, 6) is -1.07. The van der Waals surface area contributed by atoms with Crippen molar-refractivity contribution in [1.82, 2.24) is 9.55 Å². The zero-order chi connectivity index (χ0) is 12.8. The zero-order valence-electron chi connectivity index (χ0n) is 9.12. The predicted octanol–water partition coefficient (Wildman–Crippen LogP) is -0.159. The molecule has 0 aliphatic rings. The minimum Gasteiger partial charge on any atom is -0.480 e. The average Bonchev–Trinajstić information content (AvgIpc) is 2.59. The third kappa shape index (κ3) is 3.72. The van der Waals surface area contributed by atoms with Crippen LogP contribution in [-0.2, 0) is 16.6 Å². The van der Waals surface area contributed by atoms with Crippen molar-refractivity contribution in [1.29, 1.82) is 0 Å². The maximum Gasteiger partial charge on any atom is 0.406 e. The van der Waals surface area contributed by atoms with Crippen LogP contribution in [0, 0.1) is 10.1 Å². The fourth-order valence-electron chi connectivity index (χ4n) is 1.16. The van der Waals surface area contributed by atoms with Crippen molar-refractivity contribution in [2.75, 3.05) is 25.1 Å². The SMILES string of the molecule is Cn1cnc([N+](=O)[O-])c1NCCOCC(=O)O. The number of carboxylic acids is 1. The number of aliphatic carboxylic acids is 1. The number of carboxylic acid groups (broad SMARTS) is 1. The highest BCUT2D eigenvalue weighted by Gasteiger charge is 2.19. The number of anilines is 1. The van der Waals surface area contributed by atoms with E-state index in [0.717, 1.165) is 0 Å². The van der Waals surface area contributed by atoms with E-state index in [1.807, 2.05) is 0 Å². The smallest absolute Gasteiger partial charge is 0.406 e. The van der Waals surface area contributed by atoms with Gasteiger partial charge in [0.05, 0.1) is 6.61 Å². The maximum atomic E-state index is 10.6. The van der Waals surface area contributed by atoms with Crippen molar-refractivity contribution in [3.05, 3.63) is 16.4 Å². The highest BCUT2D eigenvalue weighted by atomic mass is 16.6. The summed E-state index contributed by atoms with van der Waals surface area (Å²) >= 11 is 0. The largest absolute Gasteiger partial charge is 0.480 e. The van der Waals surface area contributed by atoms with Gasteiger partial charge in [-0.15, -0.1) is 0 Å². The van der Waals surface area contributed by atoms with Crippen molar-refractivity contribution < 1.29 is 19.6 Å². The van der Waals surface area contributed by atoms with Crippen molar-refractivity contribution in [2.45, 2.75) is 0 Å². The molecule has 0 amide bonds. The molecular formula is C8H12N4O5. The van der Waals surface area contributed by atoms with E-state index in [1.54, 1.807) is 7.05 Å². The van der Waals surface area contributed by atoms with Gasteiger partial charge in [0.25, 0.3) is 0 Å². The Morgan fingerprint density at radius 1 is 1.76 bits per heavy atom. The molecular weight excluding hydrogens is 232 g/mol. The van der Waals surface area contributed by atoms with Gasteiger partial charge in [-0.3, -0.25) is 4.57 Å². The van der Waals surface area contributed by atoms with E-state index in [2.05, 4.69) is 10.3 Å². The van der Waals surface area contributed by atoms with E-state index in [9.17, 15) is 14.9 Å². The molecule has 1 aromatic heterocycles. The van der Waals surface area contributed by atoms with Gasteiger partial charge in [-0.25, -0.2) is 4.79 Å². The average molecular weight is 244 g/mol. The lowest BCUT2D eigenvalue weighted by Crippen LogP contribution is -2.15. The van der Waals surface area contributed by atoms with Crippen LogP contribution in [0.25, 0.3) is 0 Å². The Morgan fingerprint density at radius 3 is 3.06 bits per heavy atom. The minimum absolute atomic E-state index is 0.134. The van der Waals surface area contributed by atoms with Gasteiger partial charge in [0, 0.05) is 13.6 Å². The van der Waals surface area contributed by atoms with Crippen LogP contribution >= 0.6 is 0 Å². The van der Waals surface area contributed by atoms with Crippen LogP contribution in [0.2, 0.25) is 0 Å². The van der Waals surface area contributed by atoms with Crippen molar-refractivity contribution in [3.63, 3.8) is 0 Å². The Hall–Kier alpha value is -2.16. The Balaban J connectivity index is 2.43. The number of hydrogen-bond acceptors (Lipinski definition) is 6. The molecule has 0 spiro atoms. The number of carbonyl (C=O) groups is 1. The normalized spacial score (nSPS) is 10.2. The van der Waals surface area contributed by atoms with Crippen LogP contribution in [0.5, 0.6) is 0 Å². The van der Waals surface area contributed by atoms with E-state index in [1.165, 1.54) is 10.9 Å². The van der Waals surface area contributed by atoms with Gasteiger partial charge in [-0.2, -0.15) is 0 Å². The lowest BCUT2D eigenvalue weighted by atomic mass is 10.5. The molecule has 9 heteroatoms. The highest BCUT2D eigenvalue weighted by molar-refractivity contribution is 5.68. The molecule has 17 heavy (non-hydrogen) atoms. The minimum atomic E-state index is -1.06. The summed E-state index contributed by atoms with van der Waals surface area (Å²) in [6.07, 6.45) is 1.32. The summed E-state index contributed by atoms with van der Waals surface area (Å²) in [5, 5.41) is 21.7. The van der Waals surface area contributed by atoms with Crippen LogP contribution in [0.3, 0.4) is 0 Å². The molecule has 0 saturated carbocycles. The second-order valence-corrected chi connectivity index (χ2v) is 3.16. The number of ether oxygens (including phenoxy) is 1. The van der Waals surface area contributed by atoms with Crippen LogP contribution in [0.4, 0.5) is 11.6 Å². The number of imidazole rings is 1. The fraction of sp³-hybridized carbons (Fsp3) is 0.500. The first-order valence-electron chi connectivity index (χ1n) is 4.71. The van der Waals surface area contributed by atoms with Gasteiger partial charge in [0.15, 0.2) is 0 Å². The van der Waals surface area contributed by atoms with Crippen LogP contribution in [0.15, 0.2) is 6.33 Å². The first-order chi connectivity index (χ1) is 8.02. The summed E-state index contributed by atoms with van der Waals surface area (Å²) in [4.78, 5) is 23.7. The Morgan fingerprint density at radius 2 is 2.47 bits per heavy atom. The summed E-state index contributed by atoms with van der Waals surface area (Å²) in [6, 6.07) is 0. The molecule has 1 rings (SSSR count). The Labute approximate surface area is 96.2 Å². The van der Waals surface area contributed by atoms with E-state index in [4.69, 9.17) is 9.84 Å². The topological polar surface area (TPSA) is 120 Å². The fourth-order valence-corrected chi connectivity index (χ4v) is 1.16. The summed E-state index contributed by atoms with van der Waals surface area (Å²) in [6.45, 7) is -0.00253. The molecule has 0 saturated heterocycles. The molecule has 94 valence electrons. The van der Waals surface area contributed by atoms with Crippen molar-refractivity contribution in [3.8, 4) is 0 Å². The molecule has 9 nitrogen and oxygen atoms in total. The van der Waals surface area contributed by atoms with Crippen LogP contribution in [-0.4, -0.2) is 45.3 Å². The van der Waals surface area contributed by atoms with Gasteiger partial charge < -0.3 is 25.3 Å². The van der Waals surface area contributed by atoms with E-state index >= 15 is 0 Å². The molecule has 1 heterocycles. The first-order valence-corrected chi connectivity index (χ1v) is 4.71. The number of aryl methyl sites for hydroxylation is 1. The number of hydrogen-bond donors (Lipinski definition) is 2. The second-order valence-electron chi connectivity index (χ2n) is 3.16. The lowest BCUT2D eigenvalue weighted by molar-refractivity contribution is -0.388. The van der Waals surface area contributed by atoms with Gasteiger partial charge in [0.1, 0.15) is 6.61 Å². The van der Waals surface area contributed by atoms with Gasteiger partial charge in [-0.05, 0) is 9.91 Å². The van der Waals surface area contributed by atoms with Gasteiger partial charge in [-0.1, -0.05) is 0 Å². The lowest BCUT2D eigenvalue weighted by Gasteiger charge is -2.05. The third-order valence-electron chi connectivity index (χ3n) is 1.86. The zero-order valence-corrected chi connectivity index (χ0v) is 9.12. The Kier molecular flexibility index (Phi) is 4.40. The molecule has 0 unspecified atom stereocenters. The third-order valence-corrected chi connectivity index (χ3v) is 1.86. The molecule has 0 bridgehead atoms. The van der Waals surface area contributed by atoms with E-state index in [-0.39, 0.29) is 24.8 Å².